The summed E-state index contributed by atoms with van der Waals surface area (Å²) in [5, 5.41) is 9.92. The van der Waals surface area contributed by atoms with E-state index in [0.717, 1.165) is 28.1 Å². The van der Waals surface area contributed by atoms with E-state index in [2.05, 4.69) is 15.7 Å². The first kappa shape index (κ1) is 20.4. The van der Waals surface area contributed by atoms with E-state index in [9.17, 15) is 9.59 Å². The summed E-state index contributed by atoms with van der Waals surface area (Å²) in [5.74, 6) is -0.754. The van der Waals surface area contributed by atoms with Crippen molar-refractivity contribution in [2.45, 2.75) is 40.7 Å². The van der Waals surface area contributed by atoms with Gasteiger partial charge in [0.2, 0.25) is 0 Å². The Morgan fingerprint density at radius 3 is 2.31 bits per heavy atom. The number of carbonyl (C=O) groups is 2. The standard InChI is InChI=1S/C22H26N4O3/c1-13-9-14(2)20(15(3)10-13)24-22(28)21(27)23-12-18(19-7-6-8-29-19)26-17(5)11-16(4)25-26/h6-11,18H,12H2,1-5H3,(H,23,27)(H,24,28). The van der Waals surface area contributed by atoms with E-state index in [-0.39, 0.29) is 12.6 Å². The predicted molar refractivity (Wildman–Crippen MR) is 111 cm³/mol. The van der Waals surface area contributed by atoms with E-state index in [1.54, 1.807) is 17.0 Å². The number of nitrogens with zero attached hydrogens (tertiary/aromatic N) is 2. The van der Waals surface area contributed by atoms with Crippen LogP contribution >= 0.6 is 0 Å². The fraction of sp³-hybridized carbons (Fsp3) is 0.318. The Bertz CT molecular complexity index is 1010. The largest absolute Gasteiger partial charge is 0.467 e. The Morgan fingerprint density at radius 1 is 1.07 bits per heavy atom. The van der Waals surface area contributed by atoms with Crippen LogP contribution in [0.3, 0.4) is 0 Å². The normalized spacial score (nSPS) is 11.9. The molecular weight excluding hydrogens is 368 g/mol. The van der Waals surface area contributed by atoms with Gasteiger partial charge in [-0.3, -0.25) is 14.3 Å². The average Bonchev–Trinajstić information content (AvgIpc) is 3.28. The van der Waals surface area contributed by atoms with Gasteiger partial charge in [0.15, 0.2) is 0 Å². The summed E-state index contributed by atoms with van der Waals surface area (Å²) >= 11 is 0. The van der Waals surface area contributed by atoms with Crippen molar-refractivity contribution in [3.63, 3.8) is 0 Å². The zero-order valence-electron chi connectivity index (χ0n) is 17.4. The molecule has 0 fully saturated rings. The zero-order valence-corrected chi connectivity index (χ0v) is 17.4. The van der Waals surface area contributed by atoms with E-state index >= 15 is 0 Å². The Kier molecular flexibility index (Phi) is 5.87. The maximum atomic E-state index is 12.4. The molecule has 0 radical (unpaired) electrons. The van der Waals surface area contributed by atoms with Gasteiger partial charge in [-0.1, -0.05) is 17.7 Å². The molecule has 152 valence electrons. The summed E-state index contributed by atoms with van der Waals surface area (Å²) in [5.41, 5.74) is 5.41. The number of nitrogens with one attached hydrogen (secondary N) is 2. The first-order chi connectivity index (χ1) is 13.8. The van der Waals surface area contributed by atoms with Crippen LogP contribution in [-0.4, -0.2) is 28.1 Å². The first-order valence-electron chi connectivity index (χ1n) is 9.49. The second-order valence-corrected chi connectivity index (χ2v) is 7.34. The maximum absolute atomic E-state index is 12.4. The van der Waals surface area contributed by atoms with Crippen LogP contribution in [0.5, 0.6) is 0 Å². The zero-order chi connectivity index (χ0) is 21.1. The predicted octanol–water partition coefficient (Wildman–Crippen LogP) is 3.36. The highest BCUT2D eigenvalue weighted by molar-refractivity contribution is 6.39. The third-order valence-electron chi connectivity index (χ3n) is 4.79. The van der Waals surface area contributed by atoms with Crippen molar-refractivity contribution in [1.29, 1.82) is 0 Å². The van der Waals surface area contributed by atoms with Gasteiger partial charge in [0.05, 0.1) is 12.0 Å². The lowest BCUT2D eigenvalue weighted by atomic mass is 10.1. The molecule has 0 aliphatic heterocycles. The molecule has 1 aromatic carbocycles. The highest BCUT2D eigenvalue weighted by Crippen LogP contribution is 2.22. The van der Waals surface area contributed by atoms with Crippen LogP contribution in [0.25, 0.3) is 0 Å². The van der Waals surface area contributed by atoms with Gasteiger partial charge >= 0.3 is 11.8 Å². The van der Waals surface area contributed by atoms with E-state index in [0.29, 0.717) is 11.4 Å². The van der Waals surface area contributed by atoms with Crippen LogP contribution in [-0.2, 0) is 9.59 Å². The number of amides is 2. The van der Waals surface area contributed by atoms with Crippen molar-refractivity contribution in [3.05, 3.63) is 70.4 Å². The molecule has 0 aliphatic rings. The molecule has 7 nitrogen and oxygen atoms in total. The van der Waals surface area contributed by atoms with Crippen molar-refractivity contribution in [3.8, 4) is 0 Å². The molecular formula is C22H26N4O3. The van der Waals surface area contributed by atoms with E-state index in [1.165, 1.54) is 0 Å². The van der Waals surface area contributed by atoms with Gasteiger partial charge in [0.25, 0.3) is 0 Å². The van der Waals surface area contributed by atoms with Crippen molar-refractivity contribution >= 4 is 17.5 Å². The number of benzene rings is 1. The molecule has 0 spiro atoms. The average molecular weight is 394 g/mol. The van der Waals surface area contributed by atoms with Crippen LogP contribution < -0.4 is 10.6 Å². The second-order valence-electron chi connectivity index (χ2n) is 7.34. The first-order valence-corrected chi connectivity index (χ1v) is 9.49. The van der Waals surface area contributed by atoms with Gasteiger partial charge in [-0.2, -0.15) is 5.10 Å². The van der Waals surface area contributed by atoms with E-state index < -0.39 is 11.8 Å². The number of hydrogen-bond donors (Lipinski definition) is 2. The minimum Gasteiger partial charge on any atom is -0.467 e. The maximum Gasteiger partial charge on any atom is 0.313 e. The number of hydrogen-bond acceptors (Lipinski definition) is 4. The molecule has 2 heterocycles. The molecule has 3 rings (SSSR count). The van der Waals surface area contributed by atoms with Crippen LogP contribution in [0, 0.1) is 34.6 Å². The molecule has 7 heteroatoms. The fourth-order valence-electron chi connectivity index (χ4n) is 3.57. The molecule has 0 saturated carbocycles. The van der Waals surface area contributed by atoms with Crippen molar-refractivity contribution in [2.24, 2.45) is 0 Å². The Balaban J connectivity index is 1.72. The highest BCUT2D eigenvalue weighted by atomic mass is 16.3. The van der Waals surface area contributed by atoms with Crippen LogP contribution in [0.2, 0.25) is 0 Å². The minimum atomic E-state index is -0.706. The van der Waals surface area contributed by atoms with Gasteiger partial charge in [0, 0.05) is 17.9 Å². The lowest BCUT2D eigenvalue weighted by molar-refractivity contribution is -0.136. The smallest absolute Gasteiger partial charge is 0.313 e. The van der Waals surface area contributed by atoms with Crippen molar-refractivity contribution in [1.82, 2.24) is 15.1 Å². The van der Waals surface area contributed by atoms with Crippen LogP contribution in [0.15, 0.2) is 41.0 Å². The summed E-state index contributed by atoms with van der Waals surface area (Å²) in [6.45, 7) is 9.82. The Morgan fingerprint density at radius 2 is 1.76 bits per heavy atom. The lowest BCUT2D eigenvalue weighted by Gasteiger charge is -2.18. The molecule has 2 amide bonds. The summed E-state index contributed by atoms with van der Waals surface area (Å²) in [6, 6.07) is 9.15. The lowest BCUT2D eigenvalue weighted by Crippen LogP contribution is -2.39. The summed E-state index contributed by atoms with van der Waals surface area (Å²) < 4.78 is 7.32. The van der Waals surface area contributed by atoms with Crippen molar-refractivity contribution in [2.75, 3.05) is 11.9 Å². The molecule has 0 bridgehead atoms. The van der Waals surface area contributed by atoms with Gasteiger partial charge < -0.3 is 15.1 Å². The Labute approximate surface area is 170 Å². The monoisotopic (exact) mass is 394 g/mol. The summed E-state index contributed by atoms with van der Waals surface area (Å²) in [4.78, 5) is 24.9. The number of carbonyl (C=O) groups excluding carboxylic acids is 2. The van der Waals surface area contributed by atoms with Crippen LogP contribution in [0.1, 0.15) is 39.9 Å². The number of furan rings is 1. The topological polar surface area (TPSA) is 89.2 Å². The molecule has 2 aromatic heterocycles. The molecule has 1 atom stereocenters. The summed E-state index contributed by atoms with van der Waals surface area (Å²) in [7, 11) is 0. The highest BCUT2D eigenvalue weighted by Gasteiger charge is 2.23. The van der Waals surface area contributed by atoms with Gasteiger partial charge in [0.1, 0.15) is 11.8 Å². The van der Waals surface area contributed by atoms with Crippen LogP contribution in [0.4, 0.5) is 5.69 Å². The molecule has 2 N–H and O–H groups in total. The molecule has 29 heavy (non-hydrogen) atoms. The quantitative estimate of drug-likeness (QED) is 0.650. The molecule has 0 saturated heterocycles. The number of aromatic nitrogens is 2. The summed E-state index contributed by atoms with van der Waals surface area (Å²) in [6.07, 6.45) is 1.57. The molecule has 1 unspecified atom stereocenters. The minimum absolute atomic E-state index is 0.174. The molecule has 0 aliphatic carbocycles. The van der Waals surface area contributed by atoms with Crippen molar-refractivity contribution < 1.29 is 14.0 Å². The third-order valence-corrected chi connectivity index (χ3v) is 4.79. The number of anilines is 1. The second kappa shape index (κ2) is 8.34. The molecule has 3 aromatic rings. The third kappa shape index (κ3) is 4.56. The van der Waals surface area contributed by atoms with E-state index in [1.807, 2.05) is 58.9 Å². The fourth-order valence-corrected chi connectivity index (χ4v) is 3.57. The Hall–Kier alpha value is -3.35. The van der Waals surface area contributed by atoms with Gasteiger partial charge in [-0.15, -0.1) is 0 Å². The van der Waals surface area contributed by atoms with E-state index in [4.69, 9.17) is 4.42 Å². The SMILES string of the molecule is Cc1cc(C)c(NC(=O)C(=O)NCC(c2ccco2)n2nc(C)cc2C)c(C)c1. The van der Waals surface area contributed by atoms with Gasteiger partial charge in [-0.25, -0.2) is 0 Å². The number of rotatable bonds is 5. The number of aryl methyl sites for hydroxylation is 5. The van der Waals surface area contributed by atoms with Gasteiger partial charge in [-0.05, 0) is 63.9 Å².